The van der Waals surface area contributed by atoms with Crippen molar-refractivity contribution < 1.29 is 9.90 Å². The molecule has 0 saturated carbocycles. The number of nitrogens with zero attached hydrogens (tertiary/aromatic N) is 1. The maximum atomic E-state index is 12.1. The van der Waals surface area contributed by atoms with Gasteiger partial charge in [0, 0.05) is 29.4 Å². The fourth-order valence-corrected chi connectivity index (χ4v) is 4.80. The standard InChI is InChI=1S/C18H21NO2/c1-11-3-4-12-9-15-14-6-5-13(20)10-18(14,7-8-19(15)2)16(12)17(11)21/h3-6,14-15,21H,7-10H2,1-2H3/t14-,15+,18-/m0/s1. The van der Waals surface area contributed by atoms with Crippen LogP contribution in [0.15, 0.2) is 24.3 Å². The van der Waals surface area contributed by atoms with Crippen LogP contribution in [0.3, 0.4) is 0 Å². The number of carbonyl (C=O) groups is 1. The first kappa shape index (κ1) is 13.1. The van der Waals surface area contributed by atoms with Crippen LogP contribution in [0.25, 0.3) is 0 Å². The number of hydrogen-bond acceptors (Lipinski definition) is 3. The second-order valence-electron chi connectivity index (χ2n) is 6.95. The van der Waals surface area contributed by atoms with E-state index in [-0.39, 0.29) is 11.2 Å². The second-order valence-corrected chi connectivity index (χ2v) is 6.95. The molecule has 2 bridgehead atoms. The van der Waals surface area contributed by atoms with Crippen molar-refractivity contribution in [2.24, 2.45) is 5.92 Å². The van der Waals surface area contributed by atoms with Gasteiger partial charge in [-0.3, -0.25) is 4.79 Å². The van der Waals surface area contributed by atoms with Gasteiger partial charge < -0.3 is 10.0 Å². The Hall–Kier alpha value is -1.61. The highest BCUT2D eigenvalue weighted by molar-refractivity contribution is 5.92. The first-order valence-electron chi connectivity index (χ1n) is 7.76. The summed E-state index contributed by atoms with van der Waals surface area (Å²) in [5.41, 5.74) is 3.02. The van der Waals surface area contributed by atoms with Crippen molar-refractivity contribution in [2.45, 2.75) is 37.6 Å². The number of carbonyl (C=O) groups excluding carboxylic acids is 1. The third-order valence-corrected chi connectivity index (χ3v) is 5.90. The van der Waals surface area contributed by atoms with Gasteiger partial charge in [-0.2, -0.15) is 0 Å². The fraction of sp³-hybridized carbons (Fsp3) is 0.500. The van der Waals surface area contributed by atoms with Gasteiger partial charge in [0.15, 0.2) is 5.78 Å². The van der Waals surface area contributed by atoms with Crippen molar-refractivity contribution >= 4 is 5.78 Å². The molecule has 0 spiro atoms. The van der Waals surface area contributed by atoms with Crippen molar-refractivity contribution in [3.8, 4) is 5.75 Å². The molecule has 4 rings (SSSR count). The molecule has 110 valence electrons. The lowest BCUT2D eigenvalue weighted by Crippen LogP contribution is -2.59. The molecule has 0 aromatic heterocycles. The Kier molecular flexibility index (Phi) is 2.62. The Morgan fingerprint density at radius 2 is 2.19 bits per heavy atom. The average molecular weight is 283 g/mol. The Morgan fingerprint density at radius 3 is 3.00 bits per heavy atom. The largest absolute Gasteiger partial charge is 0.507 e. The molecule has 3 nitrogen and oxygen atoms in total. The van der Waals surface area contributed by atoms with Crippen LogP contribution in [-0.4, -0.2) is 35.4 Å². The highest BCUT2D eigenvalue weighted by atomic mass is 16.3. The van der Waals surface area contributed by atoms with Crippen LogP contribution in [-0.2, 0) is 16.6 Å². The third-order valence-electron chi connectivity index (χ3n) is 5.90. The van der Waals surface area contributed by atoms with E-state index in [9.17, 15) is 9.90 Å². The van der Waals surface area contributed by atoms with E-state index in [0.717, 1.165) is 30.5 Å². The number of allylic oxidation sites excluding steroid dienone is 1. The lowest BCUT2D eigenvalue weighted by molar-refractivity contribution is -0.118. The van der Waals surface area contributed by atoms with Gasteiger partial charge in [0.25, 0.3) is 0 Å². The number of phenolic OH excluding ortho intramolecular Hbond substituents is 1. The summed E-state index contributed by atoms with van der Waals surface area (Å²) in [7, 11) is 2.18. The first-order valence-corrected chi connectivity index (χ1v) is 7.76. The molecular weight excluding hydrogens is 262 g/mol. The molecule has 3 atom stereocenters. The predicted molar refractivity (Wildman–Crippen MR) is 81.5 cm³/mol. The zero-order chi connectivity index (χ0) is 14.8. The van der Waals surface area contributed by atoms with Crippen molar-refractivity contribution in [1.82, 2.24) is 4.90 Å². The Labute approximate surface area is 125 Å². The van der Waals surface area contributed by atoms with Gasteiger partial charge in [-0.15, -0.1) is 0 Å². The number of ketones is 1. The van der Waals surface area contributed by atoms with E-state index in [1.54, 1.807) is 6.08 Å². The number of phenols is 1. The van der Waals surface area contributed by atoms with Gasteiger partial charge in [0.1, 0.15) is 5.75 Å². The number of benzene rings is 1. The molecule has 3 heteroatoms. The van der Waals surface area contributed by atoms with Crippen LogP contribution in [0.5, 0.6) is 5.75 Å². The quantitative estimate of drug-likeness (QED) is 0.794. The van der Waals surface area contributed by atoms with Crippen LogP contribution >= 0.6 is 0 Å². The van der Waals surface area contributed by atoms with Gasteiger partial charge >= 0.3 is 0 Å². The van der Waals surface area contributed by atoms with Crippen molar-refractivity contribution in [1.29, 1.82) is 0 Å². The van der Waals surface area contributed by atoms with Crippen LogP contribution < -0.4 is 0 Å². The summed E-state index contributed by atoms with van der Waals surface area (Å²) < 4.78 is 0. The number of hydrogen-bond donors (Lipinski definition) is 1. The minimum Gasteiger partial charge on any atom is -0.507 e. The molecule has 1 heterocycles. The number of piperidine rings is 1. The lowest BCUT2D eigenvalue weighted by atomic mass is 9.53. The van der Waals surface area contributed by atoms with Crippen molar-refractivity contribution in [2.75, 3.05) is 13.6 Å². The lowest BCUT2D eigenvalue weighted by Gasteiger charge is -2.56. The van der Waals surface area contributed by atoms with E-state index < -0.39 is 0 Å². The van der Waals surface area contributed by atoms with Gasteiger partial charge in [-0.05, 0) is 50.6 Å². The molecule has 0 unspecified atom stereocenters. The summed E-state index contributed by atoms with van der Waals surface area (Å²) in [4.78, 5) is 14.5. The molecule has 1 aromatic carbocycles. The highest BCUT2D eigenvalue weighted by Crippen LogP contribution is 2.55. The van der Waals surface area contributed by atoms with Crippen molar-refractivity contribution in [3.05, 3.63) is 41.0 Å². The Balaban J connectivity index is 2.00. The van der Waals surface area contributed by atoms with E-state index in [1.807, 2.05) is 13.0 Å². The van der Waals surface area contributed by atoms with E-state index in [2.05, 4.69) is 24.1 Å². The number of likely N-dealkylation sites (N-methyl/N-ethyl adjacent to an activating group) is 1. The predicted octanol–water partition coefficient (Wildman–Crippen LogP) is 2.34. The maximum absolute atomic E-state index is 12.1. The fourth-order valence-electron chi connectivity index (χ4n) is 4.80. The third kappa shape index (κ3) is 1.61. The number of likely N-dealkylation sites (tertiary alicyclic amines) is 1. The van der Waals surface area contributed by atoms with Gasteiger partial charge in [-0.25, -0.2) is 0 Å². The zero-order valence-electron chi connectivity index (χ0n) is 12.6. The second kappa shape index (κ2) is 4.20. The van der Waals surface area contributed by atoms with E-state index in [0.29, 0.717) is 24.1 Å². The highest BCUT2D eigenvalue weighted by Gasteiger charge is 2.54. The van der Waals surface area contributed by atoms with E-state index in [4.69, 9.17) is 0 Å². The molecular formula is C18H21NO2. The molecule has 21 heavy (non-hydrogen) atoms. The summed E-state index contributed by atoms with van der Waals surface area (Å²) in [6.45, 7) is 2.94. The van der Waals surface area contributed by atoms with Crippen molar-refractivity contribution in [3.63, 3.8) is 0 Å². The molecule has 1 aliphatic heterocycles. The van der Waals surface area contributed by atoms with Crippen LogP contribution in [0, 0.1) is 12.8 Å². The minimum absolute atomic E-state index is 0.188. The molecule has 0 radical (unpaired) electrons. The number of aromatic hydroxyl groups is 1. The normalized spacial score (nSPS) is 34.5. The summed E-state index contributed by atoms with van der Waals surface area (Å²) in [6.07, 6.45) is 6.32. The van der Waals surface area contributed by atoms with Crippen LogP contribution in [0.2, 0.25) is 0 Å². The maximum Gasteiger partial charge on any atom is 0.156 e. The smallest absolute Gasteiger partial charge is 0.156 e. The number of rotatable bonds is 0. The summed E-state index contributed by atoms with van der Waals surface area (Å²) in [5.74, 6) is 0.959. The zero-order valence-corrected chi connectivity index (χ0v) is 12.6. The molecule has 1 aromatic rings. The van der Waals surface area contributed by atoms with Crippen LogP contribution in [0.1, 0.15) is 29.5 Å². The number of aryl methyl sites for hydroxylation is 1. The Morgan fingerprint density at radius 1 is 1.38 bits per heavy atom. The summed E-state index contributed by atoms with van der Waals surface area (Å²) >= 11 is 0. The molecule has 1 saturated heterocycles. The van der Waals surface area contributed by atoms with Gasteiger partial charge in [0.2, 0.25) is 0 Å². The molecule has 1 N–H and O–H groups in total. The summed E-state index contributed by atoms with van der Waals surface area (Å²) in [5, 5.41) is 10.7. The Bertz CT molecular complexity index is 663. The average Bonchev–Trinajstić information content (AvgIpc) is 2.46. The van der Waals surface area contributed by atoms with Crippen LogP contribution in [0.4, 0.5) is 0 Å². The van der Waals surface area contributed by atoms with E-state index >= 15 is 0 Å². The van der Waals surface area contributed by atoms with Gasteiger partial charge in [-0.1, -0.05) is 18.2 Å². The molecule has 1 fully saturated rings. The SMILES string of the molecule is Cc1ccc2c(c1O)[C@]13CCN(C)[C@H](C2)[C@@H]1C=CC(=O)C3. The summed E-state index contributed by atoms with van der Waals surface area (Å²) in [6, 6.07) is 4.59. The molecule has 0 amide bonds. The molecule has 3 aliphatic rings. The van der Waals surface area contributed by atoms with E-state index in [1.165, 1.54) is 5.56 Å². The van der Waals surface area contributed by atoms with Gasteiger partial charge in [0.05, 0.1) is 0 Å². The minimum atomic E-state index is -0.188. The topological polar surface area (TPSA) is 40.5 Å². The monoisotopic (exact) mass is 283 g/mol. The first-order chi connectivity index (χ1) is 10.0. The number of fused-ring (bicyclic) bond motifs is 1. The molecule has 2 aliphatic carbocycles.